The van der Waals surface area contributed by atoms with E-state index in [0.29, 0.717) is 49.0 Å². The zero-order valence-electron chi connectivity index (χ0n) is 16.8. The highest BCUT2D eigenvalue weighted by Crippen LogP contribution is 2.26. The van der Waals surface area contributed by atoms with Crippen molar-refractivity contribution in [3.8, 4) is 0 Å². The maximum Gasteiger partial charge on any atom is 0.251 e. The molecule has 1 saturated heterocycles. The number of carbonyl (C=O) groups is 1. The van der Waals surface area contributed by atoms with Crippen molar-refractivity contribution in [2.24, 2.45) is 11.8 Å². The zero-order valence-corrected chi connectivity index (χ0v) is 17.6. The number of amides is 1. The predicted octanol–water partition coefficient (Wildman–Crippen LogP) is 3.46. The topological polar surface area (TPSA) is 66.5 Å². The molecule has 2 aromatic rings. The molecule has 3 rings (SSSR count). The van der Waals surface area contributed by atoms with Gasteiger partial charge in [-0.05, 0) is 60.6 Å². The van der Waals surface area contributed by atoms with Crippen molar-refractivity contribution in [1.82, 2.24) is 9.62 Å². The lowest BCUT2D eigenvalue weighted by molar-refractivity contribution is 0.0954. The Morgan fingerprint density at radius 1 is 1.07 bits per heavy atom. The summed E-state index contributed by atoms with van der Waals surface area (Å²) in [5.41, 5.74) is 0.914. The molecule has 1 heterocycles. The number of carbonyl (C=O) groups excluding carboxylic acids is 1. The molecule has 2 atom stereocenters. The molecule has 29 heavy (non-hydrogen) atoms. The van der Waals surface area contributed by atoms with Gasteiger partial charge >= 0.3 is 0 Å². The molecule has 1 aliphatic rings. The Kier molecular flexibility index (Phi) is 6.70. The minimum absolute atomic E-state index is 0.196. The van der Waals surface area contributed by atoms with Crippen molar-refractivity contribution in [2.45, 2.75) is 31.6 Å². The van der Waals surface area contributed by atoms with Crippen molar-refractivity contribution in [1.29, 1.82) is 0 Å². The quantitative estimate of drug-likeness (QED) is 0.781. The molecule has 1 aliphatic heterocycles. The van der Waals surface area contributed by atoms with Crippen molar-refractivity contribution in [2.75, 3.05) is 19.6 Å². The van der Waals surface area contributed by atoms with Gasteiger partial charge in [0.05, 0.1) is 4.90 Å². The maximum atomic E-state index is 13.6. The molecule has 0 aliphatic carbocycles. The van der Waals surface area contributed by atoms with Gasteiger partial charge in [-0.15, -0.1) is 0 Å². The van der Waals surface area contributed by atoms with Crippen LogP contribution in [0.3, 0.4) is 0 Å². The van der Waals surface area contributed by atoms with Gasteiger partial charge in [0, 0.05) is 25.2 Å². The Hall–Kier alpha value is -2.25. The van der Waals surface area contributed by atoms with Crippen LogP contribution in [0, 0.1) is 17.7 Å². The number of sulfonamides is 1. The van der Waals surface area contributed by atoms with Crippen LogP contribution in [0.2, 0.25) is 0 Å². The molecular weight excluding hydrogens is 391 g/mol. The van der Waals surface area contributed by atoms with Gasteiger partial charge in [-0.3, -0.25) is 4.79 Å². The Bertz CT molecular complexity index is 950. The number of halogens is 1. The monoisotopic (exact) mass is 418 g/mol. The van der Waals surface area contributed by atoms with Gasteiger partial charge in [-0.1, -0.05) is 32.0 Å². The van der Waals surface area contributed by atoms with Crippen LogP contribution in [-0.2, 0) is 16.4 Å². The van der Waals surface area contributed by atoms with E-state index in [2.05, 4.69) is 19.2 Å². The molecule has 0 aromatic heterocycles. The van der Waals surface area contributed by atoms with Crippen LogP contribution in [0.15, 0.2) is 53.4 Å². The zero-order chi connectivity index (χ0) is 21.0. The van der Waals surface area contributed by atoms with Gasteiger partial charge in [0.25, 0.3) is 5.91 Å². The van der Waals surface area contributed by atoms with Crippen molar-refractivity contribution >= 4 is 15.9 Å². The molecule has 5 nitrogen and oxygen atoms in total. The summed E-state index contributed by atoms with van der Waals surface area (Å²) in [5, 5.41) is 2.74. The number of hydrogen-bond donors (Lipinski definition) is 1. The molecule has 0 bridgehead atoms. The summed E-state index contributed by atoms with van der Waals surface area (Å²) >= 11 is 0. The van der Waals surface area contributed by atoms with Crippen LogP contribution in [-0.4, -0.2) is 38.3 Å². The van der Waals surface area contributed by atoms with E-state index in [4.69, 9.17) is 0 Å². The fraction of sp³-hybridized carbons (Fsp3) is 0.409. The summed E-state index contributed by atoms with van der Waals surface area (Å²) in [6.45, 7) is 5.46. The second-order valence-electron chi connectivity index (χ2n) is 7.89. The lowest BCUT2D eigenvalue weighted by Crippen LogP contribution is -2.42. The smallest absolute Gasteiger partial charge is 0.251 e. The first kappa shape index (κ1) is 21.5. The number of piperidine rings is 1. The van der Waals surface area contributed by atoms with E-state index in [1.54, 1.807) is 18.2 Å². The van der Waals surface area contributed by atoms with Gasteiger partial charge in [-0.25, -0.2) is 12.8 Å². The average molecular weight is 419 g/mol. The van der Waals surface area contributed by atoms with Crippen molar-refractivity contribution in [3.05, 3.63) is 65.5 Å². The Balaban J connectivity index is 1.61. The Morgan fingerprint density at radius 2 is 1.69 bits per heavy atom. The summed E-state index contributed by atoms with van der Waals surface area (Å²) < 4.78 is 41.0. The third-order valence-corrected chi connectivity index (χ3v) is 7.07. The number of hydrogen-bond acceptors (Lipinski definition) is 3. The second kappa shape index (κ2) is 9.05. The minimum Gasteiger partial charge on any atom is -0.352 e. The third-order valence-electron chi connectivity index (χ3n) is 5.23. The van der Waals surface area contributed by atoms with Gasteiger partial charge < -0.3 is 5.32 Å². The lowest BCUT2D eigenvalue weighted by atomic mass is 9.94. The van der Waals surface area contributed by atoms with E-state index in [0.717, 1.165) is 6.42 Å². The Morgan fingerprint density at radius 3 is 2.31 bits per heavy atom. The molecule has 0 radical (unpaired) electrons. The third kappa shape index (κ3) is 5.22. The first-order valence-electron chi connectivity index (χ1n) is 9.89. The van der Waals surface area contributed by atoms with E-state index < -0.39 is 10.0 Å². The normalized spacial score (nSPS) is 20.4. The summed E-state index contributed by atoms with van der Waals surface area (Å²) in [5.74, 6) is 0.0456. The molecule has 156 valence electrons. The highest BCUT2D eigenvalue weighted by Gasteiger charge is 2.31. The largest absolute Gasteiger partial charge is 0.352 e. The molecule has 7 heteroatoms. The summed E-state index contributed by atoms with van der Waals surface area (Å²) in [6, 6.07) is 12.4. The fourth-order valence-electron chi connectivity index (χ4n) is 3.84. The summed E-state index contributed by atoms with van der Waals surface area (Å²) in [4.78, 5) is 12.5. The van der Waals surface area contributed by atoms with Crippen LogP contribution in [0.4, 0.5) is 4.39 Å². The van der Waals surface area contributed by atoms with Crippen LogP contribution in [0.5, 0.6) is 0 Å². The van der Waals surface area contributed by atoms with E-state index >= 15 is 0 Å². The number of nitrogens with one attached hydrogen (secondary N) is 1. The van der Waals surface area contributed by atoms with Gasteiger partial charge in [0.1, 0.15) is 5.82 Å². The SMILES string of the molecule is C[C@H]1C[C@H](C)CN(S(=O)(=O)c2ccc(C(=O)NCCc3ccccc3F)cc2)C1. The summed E-state index contributed by atoms with van der Waals surface area (Å²) in [7, 11) is -3.57. The lowest BCUT2D eigenvalue weighted by Gasteiger charge is -2.34. The van der Waals surface area contributed by atoms with Crippen LogP contribution < -0.4 is 5.32 Å². The number of rotatable bonds is 6. The second-order valence-corrected chi connectivity index (χ2v) is 9.83. The molecular formula is C22H27FN2O3S. The van der Waals surface area contributed by atoms with Crippen molar-refractivity contribution in [3.63, 3.8) is 0 Å². The highest BCUT2D eigenvalue weighted by atomic mass is 32.2. The molecule has 1 amide bonds. The molecule has 1 N–H and O–H groups in total. The van der Waals surface area contributed by atoms with Gasteiger partial charge in [-0.2, -0.15) is 4.31 Å². The maximum absolute atomic E-state index is 13.6. The minimum atomic E-state index is -3.57. The van der Waals surface area contributed by atoms with Crippen molar-refractivity contribution < 1.29 is 17.6 Å². The summed E-state index contributed by atoms with van der Waals surface area (Å²) in [6.07, 6.45) is 1.41. The molecule has 0 saturated carbocycles. The van der Waals surface area contributed by atoms with E-state index in [-0.39, 0.29) is 16.6 Å². The van der Waals surface area contributed by atoms with Crippen LogP contribution >= 0.6 is 0 Å². The number of nitrogens with zero attached hydrogens (tertiary/aromatic N) is 1. The van der Waals surface area contributed by atoms with Crippen LogP contribution in [0.25, 0.3) is 0 Å². The fourth-order valence-corrected chi connectivity index (χ4v) is 5.52. The van der Waals surface area contributed by atoms with Gasteiger partial charge in [0.15, 0.2) is 0 Å². The number of benzene rings is 2. The highest BCUT2D eigenvalue weighted by molar-refractivity contribution is 7.89. The molecule has 2 aromatic carbocycles. The standard InChI is InChI=1S/C22H27FN2O3S/c1-16-13-17(2)15-25(14-16)29(27,28)20-9-7-19(8-10-20)22(26)24-12-11-18-5-3-4-6-21(18)23/h3-10,16-17H,11-15H2,1-2H3,(H,24,26)/t16-,17-/m0/s1. The first-order valence-corrected chi connectivity index (χ1v) is 11.3. The van der Waals surface area contributed by atoms with E-state index in [9.17, 15) is 17.6 Å². The molecule has 0 spiro atoms. The first-order chi connectivity index (χ1) is 13.8. The molecule has 0 unspecified atom stereocenters. The molecule has 1 fully saturated rings. The van der Waals surface area contributed by atoms with E-state index in [1.807, 2.05) is 0 Å². The predicted molar refractivity (Wildman–Crippen MR) is 111 cm³/mol. The average Bonchev–Trinajstić information content (AvgIpc) is 2.68. The Labute approximate surface area is 172 Å². The van der Waals surface area contributed by atoms with Crippen LogP contribution in [0.1, 0.15) is 36.2 Å². The van der Waals surface area contributed by atoms with E-state index in [1.165, 1.54) is 34.6 Å². The van der Waals surface area contributed by atoms with Gasteiger partial charge in [0.2, 0.25) is 10.0 Å².